The molecule has 3 aromatic heterocycles. The Morgan fingerprint density at radius 2 is 2.19 bits per heavy atom. The second-order valence-corrected chi connectivity index (χ2v) is 9.12. The fourth-order valence-corrected chi connectivity index (χ4v) is 5.52. The first-order chi connectivity index (χ1) is 13.0. The van der Waals surface area contributed by atoms with E-state index in [9.17, 15) is 8.42 Å². The van der Waals surface area contributed by atoms with Gasteiger partial charge in [0.2, 0.25) is 15.9 Å². The largest absolute Gasteiger partial charge is 0.418 e. The SMILES string of the molecule is CCn1cc(S(=O)(=O)N2CCCCC2c2nnc(-c3scnc3C)o2)cn1. The average Bonchev–Trinajstić information content (AvgIpc) is 3.41. The van der Waals surface area contributed by atoms with E-state index < -0.39 is 16.1 Å². The second-order valence-electron chi connectivity index (χ2n) is 6.37. The molecule has 144 valence electrons. The first kappa shape index (κ1) is 18.3. The van der Waals surface area contributed by atoms with Crippen LogP contribution in [0.4, 0.5) is 0 Å². The third kappa shape index (κ3) is 3.30. The predicted molar refractivity (Wildman–Crippen MR) is 98.5 cm³/mol. The molecule has 1 saturated heterocycles. The molecule has 3 aromatic rings. The molecule has 0 saturated carbocycles. The van der Waals surface area contributed by atoms with Crippen LogP contribution in [0.2, 0.25) is 0 Å². The van der Waals surface area contributed by atoms with E-state index in [2.05, 4.69) is 20.3 Å². The molecule has 4 rings (SSSR count). The molecule has 1 unspecified atom stereocenters. The fraction of sp³-hybridized carbons (Fsp3) is 0.500. The minimum absolute atomic E-state index is 0.189. The number of hydrogen-bond acceptors (Lipinski definition) is 8. The summed E-state index contributed by atoms with van der Waals surface area (Å²) in [5, 5.41) is 12.4. The number of sulfonamides is 1. The van der Waals surface area contributed by atoms with Crippen molar-refractivity contribution in [1.29, 1.82) is 0 Å². The van der Waals surface area contributed by atoms with Crippen molar-refractivity contribution in [2.24, 2.45) is 0 Å². The van der Waals surface area contributed by atoms with Crippen molar-refractivity contribution in [2.45, 2.75) is 50.6 Å². The monoisotopic (exact) mass is 408 g/mol. The number of aromatic nitrogens is 5. The summed E-state index contributed by atoms with van der Waals surface area (Å²) in [7, 11) is -3.69. The summed E-state index contributed by atoms with van der Waals surface area (Å²) in [5.41, 5.74) is 2.53. The lowest BCUT2D eigenvalue weighted by Crippen LogP contribution is -2.38. The zero-order chi connectivity index (χ0) is 19.0. The highest BCUT2D eigenvalue weighted by Crippen LogP contribution is 2.36. The van der Waals surface area contributed by atoms with Gasteiger partial charge in [-0.3, -0.25) is 4.68 Å². The molecule has 0 bridgehead atoms. The smallest absolute Gasteiger partial charge is 0.259 e. The van der Waals surface area contributed by atoms with Gasteiger partial charge in [-0.05, 0) is 26.7 Å². The fourth-order valence-electron chi connectivity index (χ4n) is 3.19. The Morgan fingerprint density at radius 3 is 2.89 bits per heavy atom. The lowest BCUT2D eigenvalue weighted by Gasteiger charge is -2.31. The summed E-state index contributed by atoms with van der Waals surface area (Å²) < 4.78 is 35.2. The van der Waals surface area contributed by atoms with Crippen molar-refractivity contribution < 1.29 is 12.8 Å². The minimum atomic E-state index is -3.69. The Labute approximate surface area is 161 Å². The van der Waals surface area contributed by atoms with Crippen LogP contribution in [-0.2, 0) is 16.6 Å². The molecular weight excluding hydrogens is 388 g/mol. The van der Waals surface area contributed by atoms with Gasteiger partial charge in [-0.15, -0.1) is 21.5 Å². The van der Waals surface area contributed by atoms with Crippen LogP contribution in [0.15, 0.2) is 27.2 Å². The van der Waals surface area contributed by atoms with Crippen LogP contribution >= 0.6 is 11.3 Å². The molecule has 0 spiro atoms. The third-order valence-electron chi connectivity index (χ3n) is 4.66. The highest BCUT2D eigenvalue weighted by Gasteiger charge is 2.38. The van der Waals surface area contributed by atoms with E-state index in [0.717, 1.165) is 23.4 Å². The summed E-state index contributed by atoms with van der Waals surface area (Å²) in [6.07, 6.45) is 5.30. The quantitative estimate of drug-likeness (QED) is 0.638. The van der Waals surface area contributed by atoms with E-state index >= 15 is 0 Å². The van der Waals surface area contributed by atoms with Gasteiger partial charge in [-0.25, -0.2) is 13.4 Å². The normalized spacial score (nSPS) is 18.8. The Balaban J connectivity index is 1.67. The van der Waals surface area contributed by atoms with Gasteiger partial charge in [0.15, 0.2) is 0 Å². The van der Waals surface area contributed by atoms with Gasteiger partial charge >= 0.3 is 0 Å². The number of hydrogen-bond donors (Lipinski definition) is 0. The van der Waals surface area contributed by atoms with E-state index in [-0.39, 0.29) is 4.90 Å². The average molecular weight is 409 g/mol. The molecule has 0 N–H and O–H groups in total. The van der Waals surface area contributed by atoms with E-state index in [4.69, 9.17) is 4.42 Å². The molecule has 0 aromatic carbocycles. The Bertz CT molecular complexity index is 1040. The van der Waals surface area contributed by atoms with Crippen molar-refractivity contribution in [2.75, 3.05) is 6.54 Å². The van der Waals surface area contributed by atoms with Gasteiger partial charge in [0, 0.05) is 19.3 Å². The molecule has 1 atom stereocenters. The van der Waals surface area contributed by atoms with Crippen LogP contribution in [0.3, 0.4) is 0 Å². The van der Waals surface area contributed by atoms with Crippen molar-refractivity contribution >= 4 is 21.4 Å². The number of thiazole rings is 1. The number of piperidine rings is 1. The highest BCUT2D eigenvalue weighted by atomic mass is 32.2. The summed E-state index contributed by atoms with van der Waals surface area (Å²) in [4.78, 5) is 5.19. The van der Waals surface area contributed by atoms with Crippen molar-refractivity contribution in [3.8, 4) is 10.8 Å². The number of rotatable bonds is 5. The van der Waals surface area contributed by atoms with Gasteiger partial charge in [-0.2, -0.15) is 9.40 Å². The number of aryl methyl sites for hydroxylation is 2. The van der Waals surface area contributed by atoms with E-state index in [1.165, 1.54) is 21.8 Å². The van der Waals surface area contributed by atoms with Crippen LogP contribution in [0, 0.1) is 6.92 Å². The van der Waals surface area contributed by atoms with Gasteiger partial charge in [0.1, 0.15) is 15.8 Å². The van der Waals surface area contributed by atoms with Crippen molar-refractivity contribution in [1.82, 2.24) is 29.3 Å². The lowest BCUT2D eigenvalue weighted by molar-refractivity contribution is 0.220. The molecule has 1 aliphatic rings. The second kappa shape index (κ2) is 7.13. The van der Waals surface area contributed by atoms with Gasteiger partial charge < -0.3 is 4.42 Å². The molecular formula is C16H20N6O3S2. The van der Waals surface area contributed by atoms with E-state index in [1.54, 1.807) is 16.4 Å². The van der Waals surface area contributed by atoms with Gasteiger partial charge in [0.25, 0.3) is 5.89 Å². The van der Waals surface area contributed by atoms with Crippen molar-refractivity contribution in [3.63, 3.8) is 0 Å². The maximum absolute atomic E-state index is 13.2. The molecule has 0 radical (unpaired) electrons. The molecule has 27 heavy (non-hydrogen) atoms. The molecule has 0 amide bonds. The highest BCUT2D eigenvalue weighted by molar-refractivity contribution is 7.89. The standard InChI is InChI=1S/C16H20N6O3S2/c1-3-21-9-12(8-18-21)27(23,24)22-7-5-4-6-13(22)15-19-20-16(25-15)14-11(2)17-10-26-14/h8-10,13H,3-7H2,1-2H3. The van der Waals surface area contributed by atoms with E-state index in [1.807, 2.05) is 13.8 Å². The molecule has 1 aliphatic heterocycles. The number of nitrogens with zero attached hydrogens (tertiary/aromatic N) is 6. The first-order valence-corrected chi connectivity index (χ1v) is 11.1. The molecule has 11 heteroatoms. The van der Waals surface area contributed by atoms with Gasteiger partial charge in [0.05, 0.1) is 17.4 Å². The summed E-state index contributed by atoms with van der Waals surface area (Å²) in [6.45, 7) is 4.81. The summed E-state index contributed by atoms with van der Waals surface area (Å²) in [6, 6.07) is -0.469. The topological polar surface area (TPSA) is 107 Å². The predicted octanol–water partition coefficient (Wildman–Crippen LogP) is 2.63. The molecule has 0 aliphatic carbocycles. The Morgan fingerprint density at radius 1 is 1.33 bits per heavy atom. The summed E-state index contributed by atoms with van der Waals surface area (Å²) >= 11 is 1.42. The van der Waals surface area contributed by atoms with Crippen molar-refractivity contribution in [3.05, 3.63) is 29.5 Å². The molecule has 1 fully saturated rings. The van der Waals surface area contributed by atoms with Crippen LogP contribution in [0.25, 0.3) is 10.8 Å². The minimum Gasteiger partial charge on any atom is -0.418 e. The van der Waals surface area contributed by atoms with E-state index in [0.29, 0.717) is 31.3 Å². The van der Waals surface area contributed by atoms with Crippen LogP contribution in [-0.4, -0.2) is 44.2 Å². The van der Waals surface area contributed by atoms with Crippen LogP contribution in [0.1, 0.15) is 43.8 Å². The summed E-state index contributed by atoms with van der Waals surface area (Å²) in [5.74, 6) is 0.704. The zero-order valence-electron chi connectivity index (χ0n) is 15.1. The zero-order valence-corrected chi connectivity index (χ0v) is 16.7. The van der Waals surface area contributed by atoms with Crippen LogP contribution < -0.4 is 0 Å². The maximum atomic E-state index is 13.2. The lowest BCUT2D eigenvalue weighted by atomic mass is 10.1. The molecule has 9 nitrogen and oxygen atoms in total. The maximum Gasteiger partial charge on any atom is 0.259 e. The third-order valence-corrected chi connectivity index (χ3v) is 7.44. The van der Waals surface area contributed by atoms with Gasteiger partial charge in [-0.1, -0.05) is 6.42 Å². The first-order valence-electron chi connectivity index (χ1n) is 8.79. The Hall–Kier alpha value is -2.11. The van der Waals surface area contributed by atoms with Crippen LogP contribution in [0.5, 0.6) is 0 Å². The molecule has 4 heterocycles. The Kier molecular flexibility index (Phi) is 4.82.